The molecule has 144 valence electrons. The average Bonchev–Trinajstić information content (AvgIpc) is 3.02. The van der Waals surface area contributed by atoms with Gasteiger partial charge in [0.2, 0.25) is 5.95 Å². The van der Waals surface area contributed by atoms with E-state index in [0.29, 0.717) is 16.7 Å². The number of anilines is 1. The van der Waals surface area contributed by atoms with E-state index in [1.807, 2.05) is 32.9 Å². The largest absolute Gasteiger partial charge is 0.444 e. The Morgan fingerprint density at radius 2 is 2.04 bits per heavy atom. The van der Waals surface area contributed by atoms with Crippen LogP contribution in [0, 0.1) is 0 Å². The summed E-state index contributed by atoms with van der Waals surface area (Å²) in [6.45, 7) is 5.55. The molecule has 3 rings (SSSR count). The minimum atomic E-state index is -0.500. The molecule has 27 heavy (non-hydrogen) atoms. The van der Waals surface area contributed by atoms with Crippen LogP contribution in [-0.4, -0.2) is 38.7 Å². The Bertz CT molecular complexity index is 794. The molecule has 1 aliphatic carbocycles. The summed E-state index contributed by atoms with van der Waals surface area (Å²) in [4.78, 5) is 24.8. The van der Waals surface area contributed by atoms with Gasteiger partial charge in [0.05, 0.1) is 16.9 Å². The van der Waals surface area contributed by atoms with Crippen LogP contribution in [0.25, 0.3) is 11.3 Å². The van der Waals surface area contributed by atoms with Crippen molar-refractivity contribution >= 4 is 23.6 Å². The summed E-state index contributed by atoms with van der Waals surface area (Å²) in [6.07, 6.45) is 7.20. The van der Waals surface area contributed by atoms with Gasteiger partial charge < -0.3 is 15.4 Å². The fourth-order valence-corrected chi connectivity index (χ4v) is 3.24. The monoisotopic (exact) mass is 389 g/mol. The fraction of sp³-hybridized carbons (Fsp3) is 0.474. The first kappa shape index (κ1) is 19.4. The second-order valence-corrected chi connectivity index (χ2v) is 8.04. The number of hydrogen-bond acceptors (Lipinski definition) is 6. The summed E-state index contributed by atoms with van der Waals surface area (Å²) < 4.78 is 5.32. The van der Waals surface area contributed by atoms with Crippen molar-refractivity contribution in [2.75, 3.05) is 5.32 Å². The highest BCUT2D eigenvalue weighted by molar-refractivity contribution is 6.32. The third-order valence-corrected chi connectivity index (χ3v) is 4.44. The number of hydrogen-bond donors (Lipinski definition) is 2. The van der Waals surface area contributed by atoms with Gasteiger partial charge in [-0.1, -0.05) is 11.6 Å². The lowest BCUT2D eigenvalue weighted by Crippen LogP contribution is -2.38. The van der Waals surface area contributed by atoms with Crippen LogP contribution in [-0.2, 0) is 4.74 Å². The van der Waals surface area contributed by atoms with Crippen molar-refractivity contribution in [2.45, 2.75) is 57.7 Å². The normalized spacial score (nSPS) is 19.6. The standard InChI is InChI=1S/C19H24ClN5O2/c1-19(2,3)27-18(26)24-14-7-6-13(9-14)23-17-22-11-15(20)16(25-17)12-5-4-8-21-10-12/h4-5,8,10-11,13-14H,6-7,9H2,1-3H3,(H,24,26)(H,22,23,25)/t13-,14+/m0/s1. The summed E-state index contributed by atoms with van der Waals surface area (Å²) in [6, 6.07) is 3.99. The highest BCUT2D eigenvalue weighted by Gasteiger charge is 2.28. The molecule has 0 aromatic carbocycles. The molecular formula is C19H24ClN5O2. The number of rotatable bonds is 4. The van der Waals surface area contributed by atoms with E-state index in [2.05, 4.69) is 25.6 Å². The summed E-state index contributed by atoms with van der Waals surface area (Å²) in [5.41, 5.74) is 0.979. The number of carbonyl (C=O) groups is 1. The molecular weight excluding hydrogens is 366 g/mol. The Morgan fingerprint density at radius 1 is 1.26 bits per heavy atom. The number of halogens is 1. The number of amides is 1. The lowest BCUT2D eigenvalue weighted by Gasteiger charge is -2.21. The lowest BCUT2D eigenvalue weighted by molar-refractivity contribution is 0.0505. The molecule has 0 saturated heterocycles. The highest BCUT2D eigenvalue weighted by atomic mass is 35.5. The van der Waals surface area contributed by atoms with Gasteiger partial charge in [0.25, 0.3) is 0 Å². The van der Waals surface area contributed by atoms with Crippen LogP contribution in [0.1, 0.15) is 40.0 Å². The molecule has 1 fully saturated rings. The number of carbonyl (C=O) groups excluding carboxylic acids is 1. The first-order valence-corrected chi connectivity index (χ1v) is 9.37. The number of aromatic nitrogens is 3. The smallest absolute Gasteiger partial charge is 0.407 e. The zero-order chi connectivity index (χ0) is 19.4. The lowest BCUT2D eigenvalue weighted by atomic mass is 10.2. The Kier molecular flexibility index (Phi) is 5.79. The topological polar surface area (TPSA) is 89.0 Å². The Morgan fingerprint density at radius 3 is 2.74 bits per heavy atom. The molecule has 1 aliphatic rings. The van der Waals surface area contributed by atoms with Crippen LogP contribution in [0.5, 0.6) is 0 Å². The van der Waals surface area contributed by atoms with Crippen LogP contribution in [0.2, 0.25) is 5.02 Å². The maximum absolute atomic E-state index is 11.9. The molecule has 7 nitrogen and oxygen atoms in total. The second-order valence-electron chi connectivity index (χ2n) is 7.63. The summed E-state index contributed by atoms with van der Waals surface area (Å²) in [5, 5.41) is 6.74. The predicted molar refractivity (Wildman–Crippen MR) is 105 cm³/mol. The van der Waals surface area contributed by atoms with E-state index in [-0.39, 0.29) is 18.2 Å². The minimum Gasteiger partial charge on any atom is -0.444 e. The van der Waals surface area contributed by atoms with E-state index in [4.69, 9.17) is 16.3 Å². The zero-order valence-electron chi connectivity index (χ0n) is 15.7. The number of nitrogens with one attached hydrogen (secondary N) is 2. The molecule has 0 spiro atoms. The van der Waals surface area contributed by atoms with Crippen molar-refractivity contribution < 1.29 is 9.53 Å². The van der Waals surface area contributed by atoms with E-state index in [0.717, 1.165) is 24.8 Å². The number of ether oxygens (including phenoxy) is 1. The van der Waals surface area contributed by atoms with Crippen molar-refractivity contribution in [3.8, 4) is 11.3 Å². The molecule has 2 aromatic heterocycles. The Balaban J connectivity index is 1.60. The molecule has 0 radical (unpaired) electrons. The maximum atomic E-state index is 11.9. The minimum absolute atomic E-state index is 0.0717. The van der Waals surface area contributed by atoms with Gasteiger partial charge in [-0.05, 0) is 52.2 Å². The number of pyridine rings is 1. The Labute approximate surface area is 163 Å². The van der Waals surface area contributed by atoms with Gasteiger partial charge in [-0.2, -0.15) is 0 Å². The molecule has 2 aromatic rings. The molecule has 0 aliphatic heterocycles. The van der Waals surface area contributed by atoms with Crippen molar-refractivity contribution in [1.29, 1.82) is 0 Å². The second kappa shape index (κ2) is 8.08. The van der Waals surface area contributed by atoms with Crippen LogP contribution in [0.3, 0.4) is 0 Å². The van der Waals surface area contributed by atoms with E-state index in [1.165, 1.54) is 0 Å². The molecule has 0 bridgehead atoms. The predicted octanol–water partition coefficient (Wildman–Crippen LogP) is 4.05. The van der Waals surface area contributed by atoms with Crippen molar-refractivity contribution in [1.82, 2.24) is 20.3 Å². The van der Waals surface area contributed by atoms with Gasteiger partial charge >= 0.3 is 6.09 Å². The van der Waals surface area contributed by atoms with Gasteiger partial charge in [-0.25, -0.2) is 14.8 Å². The molecule has 2 atom stereocenters. The Hall–Kier alpha value is -2.41. The third-order valence-electron chi connectivity index (χ3n) is 4.17. The molecule has 1 saturated carbocycles. The first-order chi connectivity index (χ1) is 12.8. The van der Waals surface area contributed by atoms with Crippen LogP contribution in [0.4, 0.5) is 10.7 Å². The molecule has 1 amide bonds. The summed E-state index contributed by atoms with van der Waals surface area (Å²) >= 11 is 6.24. The van der Waals surface area contributed by atoms with Crippen LogP contribution in [0.15, 0.2) is 30.7 Å². The summed E-state index contributed by atoms with van der Waals surface area (Å²) in [7, 11) is 0. The van der Waals surface area contributed by atoms with Gasteiger partial charge in [0, 0.05) is 30.0 Å². The van der Waals surface area contributed by atoms with Gasteiger partial charge in [-0.3, -0.25) is 4.98 Å². The first-order valence-electron chi connectivity index (χ1n) is 8.99. The SMILES string of the molecule is CC(C)(C)OC(=O)N[C@@H]1CC[C@H](Nc2ncc(Cl)c(-c3cccnc3)n2)C1. The third kappa shape index (κ3) is 5.53. The van der Waals surface area contributed by atoms with Crippen molar-refractivity contribution in [3.05, 3.63) is 35.7 Å². The molecule has 2 N–H and O–H groups in total. The zero-order valence-corrected chi connectivity index (χ0v) is 16.5. The van der Waals surface area contributed by atoms with E-state index in [9.17, 15) is 4.79 Å². The van der Waals surface area contributed by atoms with Crippen LogP contribution >= 0.6 is 11.6 Å². The van der Waals surface area contributed by atoms with E-state index >= 15 is 0 Å². The average molecular weight is 390 g/mol. The quantitative estimate of drug-likeness (QED) is 0.819. The molecule has 0 unspecified atom stereocenters. The highest BCUT2D eigenvalue weighted by Crippen LogP contribution is 2.27. The molecule has 2 heterocycles. The summed E-state index contributed by atoms with van der Waals surface area (Å²) in [5.74, 6) is 0.515. The number of alkyl carbamates (subject to hydrolysis) is 1. The molecule has 8 heteroatoms. The van der Waals surface area contributed by atoms with Gasteiger partial charge in [0.15, 0.2) is 0 Å². The fourth-order valence-electron chi connectivity index (χ4n) is 3.04. The van der Waals surface area contributed by atoms with E-state index in [1.54, 1.807) is 18.6 Å². The van der Waals surface area contributed by atoms with Gasteiger partial charge in [-0.15, -0.1) is 0 Å². The maximum Gasteiger partial charge on any atom is 0.407 e. The van der Waals surface area contributed by atoms with Crippen molar-refractivity contribution in [2.24, 2.45) is 0 Å². The van der Waals surface area contributed by atoms with Crippen molar-refractivity contribution in [3.63, 3.8) is 0 Å². The number of nitrogens with zero attached hydrogens (tertiary/aromatic N) is 3. The van der Waals surface area contributed by atoms with Crippen LogP contribution < -0.4 is 10.6 Å². The van der Waals surface area contributed by atoms with Gasteiger partial charge in [0.1, 0.15) is 5.60 Å². The van der Waals surface area contributed by atoms with E-state index < -0.39 is 5.60 Å².